The van der Waals surface area contributed by atoms with Crippen LogP contribution < -0.4 is 10.6 Å². The standard InChI is InChI=1S/C17H28N2/c1-13(2)18-11-14(3)19-12-15-8-9-16-6-4-5-7-17(16)10-15/h4-7,13-15,18-19H,8-12H2,1-3H3. The highest BCUT2D eigenvalue weighted by Gasteiger charge is 2.18. The minimum Gasteiger partial charge on any atom is -0.313 e. The summed E-state index contributed by atoms with van der Waals surface area (Å²) in [6.45, 7) is 8.87. The molecule has 0 radical (unpaired) electrons. The zero-order valence-electron chi connectivity index (χ0n) is 12.6. The number of benzene rings is 1. The summed E-state index contributed by atoms with van der Waals surface area (Å²) in [6, 6.07) is 10.0. The van der Waals surface area contributed by atoms with Crippen LogP contribution in [0.1, 0.15) is 38.3 Å². The summed E-state index contributed by atoms with van der Waals surface area (Å²) in [4.78, 5) is 0. The molecule has 1 aromatic rings. The van der Waals surface area contributed by atoms with Crippen LogP contribution in [0.15, 0.2) is 24.3 Å². The third-order valence-corrected chi connectivity index (χ3v) is 4.04. The average Bonchev–Trinajstić information content (AvgIpc) is 2.42. The lowest BCUT2D eigenvalue weighted by atomic mass is 9.84. The first-order chi connectivity index (χ1) is 9.15. The van der Waals surface area contributed by atoms with Gasteiger partial charge >= 0.3 is 0 Å². The quantitative estimate of drug-likeness (QED) is 0.822. The Bertz CT molecular complexity index is 387. The molecule has 0 saturated heterocycles. The van der Waals surface area contributed by atoms with Crippen LogP contribution in [0.5, 0.6) is 0 Å². The van der Waals surface area contributed by atoms with E-state index in [0.29, 0.717) is 12.1 Å². The lowest BCUT2D eigenvalue weighted by Crippen LogP contribution is -2.41. The molecule has 2 rings (SSSR count). The van der Waals surface area contributed by atoms with E-state index >= 15 is 0 Å². The highest BCUT2D eigenvalue weighted by atomic mass is 15.0. The van der Waals surface area contributed by atoms with Gasteiger partial charge in [0.05, 0.1) is 0 Å². The van der Waals surface area contributed by atoms with E-state index in [1.165, 1.54) is 19.3 Å². The van der Waals surface area contributed by atoms with E-state index in [1.807, 2.05) is 0 Å². The Morgan fingerprint density at radius 3 is 2.58 bits per heavy atom. The number of rotatable bonds is 6. The SMILES string of the molecule is CC(C)NCC(C)NCC1CCc2ccccc2C1. The summed E-state index contributed by atoms with van der Waals surface area (Å²) in [6.07, 6.45) is 3.82. The van der Waals surface area contributed by atoms with Crippen LogP contribution in [-0.2, 0) is 12.8 Å². The molecule has 0 spiro atoms. The maximum atomic E-state index is 3.68. The van der Waals surface area contributed by atoms with Crippen molar-refractivity contribution in [3.63, 3.8) is 0 Å². The molecule has 0 saturated carbocycles. The van der Waals surface area contributed by atoms with E-state index in [4.69, 9.17) is 0 Å². The van der Waals surface area contributed by atoms with Crippen LogP contribution in [0.2, 0.25) is 0 Å². The van der Waals surface area contributed by atoms with E-state index in [9.17, 15) is 0 Å². The first-order valence-corrected chi connectivity index (χ1v) is 7.68. The fourth-order valence-corrected chi connectivity index (χ4v) is 2.80. The Labute approximate surface area is 118 Å². The van der Waals surface area contributed by atoms with Gasteiger partial charge in [-0.25, -0.2) is 0 Å². The highest BCUT2D eigenvalue weighted by Crippen LogP contribution is 2.24. The van der Waals surface area contributed by atoms with Crippen molar-refractivity contribution in [3.05, 3.63) is 35.4 Å². The fraction of sp³-hybridized carbons (Fsp3) is 0.647. The van der Waals surface area contributed by atoms with Gasteiger partial charge in [-0.2, -0.15) is 0 Å². The van der Waals surface area contributed by atoms with Gasteiger partial charge < -0.3 is 10.6 Å². The fourth-order valence-electron chi connectivity index (χ4n) is 2.80. The largest absolute Gasteiger partial charge is 0.313 e. The second kappa shape index (κ2) is 7.06. The molecule has 1 aromatic carbocycles. The molecule has 2 atom stereocenters. The van der Waals surface area contributed by atoms with Crippen molar-refractivity contribution in [1.29, 1.82) is 0 Å². The van der Waals surface area contributed by atoms with E-state index in [0.717, 1.165) is 19.0 Å². The zero-order chi connectivity index (χ0) is 13.7. The van der Waals surface area contributed by atoms with Crippen molar-refractivity contribution in [2.75, 3.05) is 13.1 Å². The average molecular weight is 260 g/mol. The Morgan fingerprint density at radius 1 is 1.11 bits per heavy atom. The van der Waals surface area contributed by atoms with Gasteiger partial charge in [0.2, 0.25) is 0 Å². The van der Waals surface area contributed by atoms with Gasteiger partial charge in [0, 0.05) is 18.6 Å². The Kier molecular flexibility index (Phi) is 5.41. The number of nitrogens with one attached hydrogen (secondary N) is 2. The van der Waals surface area contributed by atoms with Crippen LogP contribution in [0.4, 0.5) is 0 Å². The van der Waals surface area contributed by atoms with Gasteiger partial charge in [0.25, 0.3) is 0 Å². The van der Waals surface area contributed by atoms with Crippen molar-refractivity contribution in [2.24, 2.45) is 5.92 Å². The topological polar surface area (TPSA) is 24.1 Å². The van der Waals surface area contributed by atoms with Crippen molar-refractivity contribution in [1.82, 2.24) is 10.6 Å². The number of aryl methyl sites for hydroxylation is 1. The first-order valence-electron chi connectivity index (χ1n) is 7.68. The second-order valence-electron chi connectivity index (χ2n) is 6.25. The molecule has 2 N–H and O–H groups in total. The Hall–Kier alpha value is -0.860. The summed E-state index contributed by atoms with van der Waals surface area (Å²) in [5.41, 5.74) is 3.13. The molecule has 0 heterocycles. The summed E-state index contributed by atoms with van der Waals surface area (Å²) in [5.74, 6) is 0.802. The van der Waals surface area contributed by atoms with Crippen molar-refractivity contribution in [3.8, 4) is 0 Å². The van der Waals surface area contributed by atoms with Gasteiger partial charge in [-0.1, -0.05) is 38.1 Å². The molecule has 2 nitrogen and oxygen atoms in total. The molecule has 0 bridgehead atoms. The number of hydrogen-bond donors (Lipinski definition) is 2. The minimum atomic E-state index is 0.555. The highest BCUT2D eigenvalue weighted by molar-refractivity contribution is 5.29. The van der Waals surface area contributed by atoms with Crippen LogP contribution in [0.25, 0.3) is 0 Å². The molecule has 2 unspecified atom stereocenters. The maximum absolute atomic E-state index is 3.68. The van der Waals surface area contributed by atoms with Crippen LogP contribution >= 0.6 is 0 Å². The van der Waals surface area contributed by atoms with Crippen LogP contribution in [-0.4, -0.2) is 25.2 Å². The smallest absolute Gasteiger partial charge is 0.0164 e. The molecule has 19 heavy (non-hydrogen) atoms. The van der Waals surface area contributed by atoms with E-state index in [-0.39, 0.29) is 0 Å². The monoisotopic (exact) mass is 260 g/mol. The van der Waals surface area contributed by atoms with Gasteiger partial charge in [0.1, 0.15) is 0 Å². The Morgan fingerprint density at radius 2 is 1.84 bits per heavy atom. The third kappa shape index (κ3) is 4.63. The molecule has 1 aliphatic carbocycles. The van der Waals surface area contributed by atoms with Gasteiger partial charge in [-0.05, 0) is 49.8 Å². The summed E-state index contributed by atoms with van der Waals surface area (Å²) in [5, 5.41) is 7.16. The van der Waals surface area contributed by atoms with E-state index in [1.54, 1.807) is 11.1 Å². The molecular weight excluding hydrogens is 232 g/mol. The Balaban J connectivity index is 1.73. The maximum Gasteiger partial charge on any atom is 0.0164 e. The predicted molar refractivity (Wildman–Crippen MR) is 82.6 cm³/mol. The second-order valence-corrected chi connectivity index (χ2v) is 6.25. The molecule has 0 aromatic heterocycles. The molecular formula is C17H28N2. The van der Waals surface area contributed by atoms with Crippen molar-refractivity contribution in [2.45, 2.75) is 52.1 Å². The summed E-state index contributed by atoms with van der Waals surface area (Å²) in [7, 11) is 0. The molecule has 1 aliphatic rings. The van der Waals surface area contributed by atoms with Crippen molar-refractivity contribution >= 4 is 0 Å². The molecule has 2 heteroatoms. The lowest BCUT2D eigenvalue weighted by molar-refractivity contribution is 0.386. The van der Waals surface area contributed by atoms with Gasteiger partial charge in [-0.15, -0.1) is 0 Å². The molecule has 106 valence electrons. The number of hydrogen-bond acceptors (Lipinski definition) is 2. The van der Waals surface area contributed by atoms with E-state index < -0.39 is 0 Å². The first kappa shape index (κ1) is 14.5. The van der Waals surface area contributed by atoms with Crippen LogP contribution in [0, 0.1) is 5.92 Å². The molecule has 0 amide bonds. The molecule has 0 fully saturated rings. The summed E-state index contributed by atoms with van der Waals surface area (Å²) < 4.78 is 0. The van der Waals surface area contributed by atoms with Crippen LogP contribution in [0.3, 0.4) is 0 Å². The van der Waals surface area contributed by atoms with Gasteiger partial charge in [-0.3, -0.25) is 0 Å². The summed E-state index contributed by atoms with van der Waals surface area (Å²) >= 11 is 0. The van der Waals surface area contributed by atoms with Crippen molar-refractivity contribution < 1.29 is 0 Å². The minimum absolute atomic E-state index is 0.555. The van der Waals surface area contributed by atoms with E-state index in [2.05, 4.69) is 55.7 Å². The number of fused-ring (bicyclic) bond motifs is 1. The zero-order valence-corrected chi connectivity index (χ0v) is 12.6. The van der Waals surface area contributed by atoms with Gasteiger partial charge in [0.15, 0.2) is 0 Å². The predicted octanol–water partition coefficient (Wildman–Crippen LogP) is 2.77. The normalized spacial score (nSPS) is 20.3. The molecule has 0 aliphatic heterocycles. The lowest BCUT2D eigenvalue weighted by Gasteiger charge is -2.26. The third-order valence-electron chi connectivity index (χ3n) is 4.04.